The molecule has 1 saturated heterocycles. The molecule has 0 unspecified atom stereocenters. The Labute approximate surface area is 168 Å². The molecule has 0 atom stereocenters. The largest absolute Gasteiger partial charge is 0.372 e. The van der Waals surface area contributed by atoms with Gasteiger partial charge in [0.05, 0.1) is 11.8 Å². The van der Waals surface area contributed by atoms with Gasteiger partial charge >= 0.3 is 6.03 Å². The molecular formula is C21H23N5OS. The van der Waals surface area contributed by atoms with Crippen molar-refractivity contribution in [2.75, 3.05) is 23.3 Å². The van der Waals surface area contributed by atoms with E-state index >= 15 is 0 Å². The molecule has 28 heavy (non-hydrogen) atoms. The van der Waals surface area contributed by atoms with E-state index < -0.39 is 6.03 Å². The van der Waals surface area contributed by atoms with Gasteiger partial charge in [-0.3, -0.25) is 5.32 Å². The molecule has 4 rings (SSSR count). The van der Waals surface area contributed by atoms with Crippen LogP contribution < -0.4 is 15.6 Å². The van der Waals surface area contributed by atoms with Gasteiger partial charge in [0, 0.05) is 23.7 Å². The Hall–Kier alpha value is -2.85. The fourth-order valence-corrected chi connectivity index (χ4v) is 5.05. The summed E-state index contributed by atoms with van der Waals surface area (Å²) >= 11 is 1.51. The maximum atomic E-state index is 12.2. The molecule has 0 spiro atoms. The van der Waals surface area contributed by atoms with Crippen molar-refractivity contribution in [2.45, 2.75) is 38.5 Å². The molecule has 2 aliphatic rings. The number of thiophene rings is 1. The summed E-state index contributed by atoms with van der Waals surface area (Å²) in [7, 11) is 0. The zero-order chi connectivity index (χ0) is 19.3. The molecule has 2 heterocycles. The number of amides is 2. The second-order valence-corrected chi connectivity index (χ2v) is 8.24. The molecule has 7 heteroatoms. The highest BCUT2D eigenvalue weighted by atomic mass is 32.1. The van der Waals surface area contributed by atoms with Gasteiger partial charge in [-0.05, 0) is 61.8 Å². The Kier molecular flexibility index (Phi) is 5.58. The van der Waals surface area contributed by atoms with Gasteiger partial charge in [-0.1, -0.05) is 12.1 Å². The summed E-state index contributed by atoms with van der Waals surface area (Å²) in [5, 5.41) is 16.9. The lowest BCUT2D eigenvalue weighted by Crippen LogP contribution is -2.24. The Morgan fingerprint density at radius 1 is 1.14 bits per heavy atom. The average molecular weight is 394 g/mol. The van der Waals surface area contributed by atoms with Gasteiger partial charge in [-0.25, -0.2) is 10.2 Å². The summed E-state index contributed by atoms with van der Waals surface area (Å²) in [6, 6.07) is 9.98. The molecule has 0 saturated carbocycles. The number of aryl methyl sites for hydroxylation is 1. The topological polar surface area (TPSA) is 80.5 Å². The molecule has 1 aliphatic heterocycles. The predicted octanol–water partition coefficient (Wildman–Crippen LogP) is 4.25. The second-order valence-electron chi connectivity index (χ2n) is 7.14. The highest BCUT2D eigenvalue weighted by Crippen LogP contribution is 2.37. The normalized spacial score (nSPS) is 16.0. The van der Waals surface area contributed by atoms with Crippen LogP contribution in [0.2, 0.25) is 0 Å². The first-order valence-corrected chi connectivity index (χ1v) is 10.6. The Balaban J connectivity index is 1.34. The Morgan fingerprint density at radius 3 is 2.64 bits per heavy atom. The van der Waals surface area contributed by atoms with E-state index in [-0.39, 0.29) is 0 Å². The van der Waals surface area contributed by atoms with E-state index in [1.54, 1.807) is 6.21 Å². The molecular weight excluding hydrogens is 370 g/mol. The van der Waals surface area contributed by atoms with E-state index in [1.807, 2.05) is 12.1 Å². The van der Waals surface area contributed by atoms with E-state index in [1.165, 1.54) is 34.7 Å². The average Bonchev–Trinajstić information content (AvgIpc) is 3.36. The van der Waals surface area contributed by atoms with Crippen molar-refractivity contribution in [1.82, 2.24) is 5.43 Å². The van der Waals surface area contributed by atoms with Crippen molar-refractivity contribution in [3.63, 3.8) is 0 Å². The highest BCUT2D eigenvalue weighted by Gasteiger charge is 2.21. The fourth-order valence-electron chi connectivity index (χ4n) is 3.82. The summed E-state index contributed by atoms with van der Waals surface area (Å²) < 4.78 is 0. The molecule has 6 nitrogen and oxygen atoms in total. The number of anilines is 2. The summed E-state index contributed by atoms with van der Waals surface area (Å²) in [4.78, 5) is 15.8. The van der Waals surface area contributed by atoms with Crippen LogP contribution in [0.5, 0.6) is 0 Å². The van der Waals surface area contributed by atoms with Gasteiger partial charge < -0.3 is 4.90 Å². The van der Waals surface area contributed by atoms with Gasteiger partial charge in [0.25, 0.3) is 0 Å². The number of hydrazone groups is 1. The number of carbonyl (C=O) groups is 1. The summed E-state index contributed by atoms with van der Waals surface area (Å²) in [5.74, 6) is 0. The molecule has 0 radical (unpaired) electrons. The quantitative estimate of drug-likeness (QED) is 0.602. The minimum Gasteiger partial charge on any atom is -0.372 e. The molecule has 1 aromatic heterocycles. The Morgan fingerprint density at radius 2 is 1.89 bits per heavy atom. The smallest absolute Gasteiger partial charge is 0.340 e. The zero-order valence-corrected chi connectivity index (χ0v) is 16.5. The number of benzene rings is 1. The number of hydrogen-bond acceptors (Lipinski definition) is 5. The Bertz CT molecular complexity index is 920. The molecule has 0 bridgehead atoms. The van der Waals surface area contributed by atoms with Crippen molar-refractivity contribution in [2.24, 2.45) is 5.10 Å². The number of nitrogens with one attached hydrogen (secondary N) is 2. The lowest BCUT2D eigenvalue weighted by Gasteiger charge is -2.17. The molecule has 144 valence electrons. The van der Waals surface area contributed by atoms with Crippen LogP contribution in [0.4, 0.5) is 15.5 Å². The van der Waals surface area contributed by atoms with Gasteiger partial charge in [0.15, 0.2) is 0 Å². The minimum atomic E-state index is -0.431. The van der Waals surface area contributed by atoms with Crippen LogP contribution in [-0.2, 0) is 12.8 Å². The van der Waals surface area contributed by atoms with Gasteiger partial charge in [-0.2, -0.15) is 10.4 Å². The van der Waals surface area contributed by atoms with Crippen LogP contribution in [0.3, 0.4) is 0 Å². The number of nitriles is 1. The van der Waals surface area contributed by atoms with Gasteiger partial charge in [0.1, 0.15) is 11.1 Å². The number of nitrogens with zero attached hydrogens (tertiary/aromatic N) is 3. The maximum absolute atomic E-state index is 12.2. The second kappa shape index (κ2) is 8.44. The monoisotopic (exact) mass is 393 g/mol. The lowest BCUT2D eigenvalue weighted by molar-refractivity contribution is 0.252. The van der Waals surface area contributed by atoms with Crippen molar-refractivity contribution < 1.29 is 4.79 Å². The van der Waals surface area contributed by atoms with E-state index in [4.69, 9.17) is 0 Å². The van der Waals surface area contributed by atoms with E-state index in [2.05, 4.69) is 38.9 Å². The molecule has 2 N–H and O–H groups in total. The predicted molar refractivity (Wildman–Crippen MR) is 113 cm³/mol. The summed E-state index contributed by atoms with van der Waals surface area (Å²) in [6.07, 6.45) is 8.28. The summed E-state index contributed by atoms with van der Waals surface area (Å²) in [6.45, 7) is 2.23. The number of carbonyl (C=O) groups excluding carboxylic acids is 1. The van der Waals surface area contributed by atoms with Crippen molar-refractivity contribution in [3.8, 4) is 6.07 Å². The third-order valence-corrected chi connectivity index (χ3v) is 6.46. The van der Waals surface area contributed by atoms with Crippen molar-refractivity contribution >= 4 is 34.3 Å². The summed E-state index contributed by atoms with van der Waals surface area (Å²) in [5.41, 5.74) is 6.35. The highest BCUT2D eigenvalue weighted by molar-refractivity contribution is 7.16. The SMILES string of the molecule is N#Cc1c(NC(=O)N/N=C/c2ccc(N3CCCC3)cc2)sc2c1CCCC2. The molecule has 2 aromatic rings. The minimum absolute atomic E-state index is 0.431. The maximum Gasteiger partial charge on any atom is 0.340 e. The number of urea groups is 1. The van der Waals surface area contributed by atoms with Crippen molar-refractivity contribution in [1.29, 1.82) is 5.26 Å². The van der Waals surface area contributed by atoms with Gasteiger partial charge in [-0.15, -0.1) is 11.3 Å². The molecule has 2 amide bonds. The third kappa shape index (κ3) is 4.02. The first-order valence-electron chi connectivity index (χ1n) is 9.74. The number of rotatable bonds is 4. The fraction of sp³-hybridized carbons (Fsp3) is 0.381. The van der Waals surface area contributed by atoms with Gasteiger partial charge in [0.2, 0.25) is 0 Å². The van der Waals surface area contributed by atoms with Crippen LogP contribution in [-0.4, -0.2) is 25.3 Å². The van der Waals surface area contributed by atoms with Crippen LogP contribution >= 0.6 is 11.3 Å². The molecule has 1 fully saturated rings. The standard InChI is InChI=1S/C21H23N5OS/c22-13-18-17-5-1-2-6-19(17)28-20(18)24-21(27)25-23-14-15-7-9-16(10-8-15)26-11-3-4-12-26/h7-10,14H,1-6,11-12H2,(H2,24,25,27)/b23-14+. The number of hydrogen-bond donors (Lipinski definition) is 2. The lowest BCUT2D eigenvalue weighted by atomic mass is 9.96. The zero-order valence-electron chi connectivity index (χ0n) is 15.7. The van der Waals surface area contributed by atoms with Crippen molar-refractivity contribution in [3.05, 3.63) is 45.8 Å². The van der Waals surface area contributed by atoms with Crippen LogP contribution in [0.1, 0.15) is 47.3 Å². The first-order chi connectivity index (χ1) is 13.7. The van der Waals surface area contributed by atoms with Crippen LogP contribution in [0.25, 0.3) is 0 Å². The van der Waals surface area contributed by atoms with E-state index in [0.717, 1.165) is 49.9 Å². The van der Waals surface area contributed by atoms with Crippen LogP contribution in [0.15, 0.2) is 29.4 Å². The molecule has 1 aliphatic carbocycles. The third-order valence-electron chi connectivity index (χ3n) is 5.25. The van der Waals surface area contributed by atoms with Crippen LogP contribution in [0, 0.1) is 11.3 Å². The van der Waals surface area contributed by atoms with E-state index in [0.29, 0.717) is 10.6 Å². The van der Waals surface area contributed by atoms with E-state index in [9.17, 15) is 10.1 Å². The number of fused-ring (bicyclic) bond motifs is 1. The first kappa shape index (κ1) is 18.5. The molecule has 1 aromatic carbocycles.